The average molecular weight is 222 g/mol. The molecule has 1 aliphatic rings. The van der Waals surface area contributed by atoms with Crippen molar-refractivity contribution in [2.24, 2.45) is 0 Å². The van der Waals surface area contributed by atoms with Crippen molar-refractivity contribution in [3.8, 4) is 5.75 Å². The molecule has 1 fully saturated rings. The molecule has 1 aromatic carbocycles. The largest absolute Gasteiger partial charge is 0.485 e. The van der Waals surface area contributed by atoms with Crippen LogP contribution in [-0.2, 0) is 0 Å². The molecule has 0 spiro atoms. The Morgan fingerprint density at radius 2 is 2.00 bits per heavy atom. The molecular weight excluding hydrogens is 212 g/mol. The number of halogens is 3. The van der Waals surface area contributed by atoms with Gasteiger partial charge in [-0.25, -0.2) is 4.39 Å². The quantitative estimate of drug-likeness (QED) is 0.822. The number of benzene rings is 1. The zero-order valence-electron chi connectivity index (χ0n) is 7.30. The van der Waals surface area contributed by atoms with Gasteiger partial charge < -0.3 is 10.1 Å². The molecule has 14 heavy (non-hydrogen) atoms. The molecule has 1 saturated heterocycles. The van der Waals surface area contributed by atoms with E-state index >= 15 is 0 Å². The highest BCUT2D eigenvalue weighted by Crippen LogP contribution is 2.20. The minimum atomic E-state index is -0.908. The summed E-state index contributed by atoms with van der Waals surface area (Å²) >= 11 is 0. The number of hydrogen-bond donors (Lipinski definition) is 1. The Labute approximate surface area is 86.7 Å². The molecule has 0 atom stereocenters. The summed E-state index contributed by atoms with van der Waals surface area (Å²) in [6.07, 6.45) is -0.0312. The molecule has 2 nitrogen and oxygen atoms in total. The van der Waals surface area contributed by atoms with E-state index in [1.165, 1.54) is 12.1 Å². The Hall–Kier alpha value is -0.870. The molecule has 0 aromatic heterocycles. The molecule has 1 heterocycles. The van der Waals surface area contributed by atoms with E-state index in [2.05, 4.69) is 5.32 Å². The zero-order valence-corrected chi connectivity index (χ0v) is 8.11. The van der Waals surface area contributed by atoms with Crippen molar-refractivity contribution in [3.63, 3.8) is 0 Å². The van der Waals surface area contributed by atoms with Gasteiger partial charge in [-0.05, 0) is 12.1 Å². The minimum Gasteiger partial charge on any atom is -0.485 e. The Bertz CT molecular complexity index is 318. The molecule has 0 bridgehead atoms. The summed E-state index contributed by atoms with van der Waals surface area (Å²) in [4.78, 5) is 0. The number of ether oxygens (including phenoxy) is 1. The van der Waals surface area contributed by atoms with Crippen molar-refractivity contribution in [2.45, 2.75) is 6.10 Å². The van der Waals surface area contributed by atoms with Crippen LogP contribution in [0.1, 0.15) is 0 Å². The molecule has 1 aromatic rings. The van der Waals surface area contributed by atoms with Gasteiger partial charge in [-0.1, -0.05) is 6.07 Å². The summed E-state index contributed by atoms with van der Waals surface area (Å²) < 4.78 is 30.9. The number of nitrogens with one attached hydrogen (secondary N) is 1. The lowest BCUT2D eigenvalue weighted by Gasteiger charge is -2.27. The van der Waals surface area contributed by atoms with E-state index in [1.54, 1.807) is 0 Å². The predicted molar refractivity (Wildman–Crippen MR) is 50.9 cm³/mol. The zero-order chi connectivity index (χ0) is 9.26. The van der Waals surface area contributed by atoms with E-state index in [0.717, 1.165) is 6.07 Å². The van der Waals surface area contributed by atoms with Crippen molar-refractivity contribution >= 4 is 12.4 Å². The van der Waals surface area contributed by atoms with Gasteiger partial charge in [0, 0.05) is 13.1 Å². The first-order valence-corrected chi connectivity index (χ1v) is 4.09. The lowest BCUT2D eigenvalue weighted by atomic mass is 10.2. The fraction of sp³-hybridized carbons (Fsp3) is 0.333. The monoisotopic (exact) mass is 221 g/mol. The summed E-state index contributed by atoms with van der Waals surface area (Å²) in [5, 5.41) is 2.97. The van der Waals surface area contributed by atoms with Gasteiger partial charge in [0.2, 0.25) is 5.82 Å². The van der Waals surface area contributed by atoms with Crippen LogP contribution < -0.4 is 10.1 Å². The minimum absolute atomic E-state index is 0. The standard InChI is InChI=1S/C9H9F2NO.ClH/c10-7-2-1-3-8(9(7)11)13-6-4-12-5-6;/h1-3,6,12H,4-5H2;1H. The molecule has 0 aliphatic carbocycles. The Morgan fingerprint density at radius 3 is 2.57 bits per heavy atom. The molecule has 0 unspecified atom stereocenters. The van der Waals surface area contributed by atoms with Gasteiger partial charge in [0.1, 0.15) is 6.10 Å². The highest BCUT2D eigenvalue weighted by Gasteiger charge is 2.20. The Morgan fingerprint density at radius 1 is 1.29 bits per heavy atom. The fourth-order valence-electron chi connectivity index (χ4n) is 1.10. The summed E-state index contributed by atoms with van der Waals surface area (Å²) in [5.41, 5.74) is 0. The van der Waals surface area contributed by atoms with Crippen LogP contribution >= 0.6 is 12.4 Å². The maximum absolute atomic E-state index is 13.0. The second kappa shape index (κ2) is 4.57. The normalized spacial score (nSPS) is 15.6. The van der Waals surface area contributed by atoms with Crippen molar-refractivity contribution in [1.29, 1.82) is 0 Å². The molecule has 5 heteroatoms. The molecule has 0 radical (unpaired) electrons. The third-order valence-electron chi connectivity index (χ3n) is 1.95. The van der Waals surface area contributed by atoms with E-state index < -0.39 is 11.6 Å². The highest BCUT2D eigenvalue weighted by molar-refractivity contribution is 5.85. The van der Waals surface area contributed by atoms with E-state index in [-0.39, 0.29) is 24.3 Å². The second-order valence-corrected chi connectivity index (χ2v) is 2.95. The van der Waals surface area contributed by atoms with Gasteiger partial charge in [0.15, 0.2) is 11.6 Å². The van der Waals surface area contributed by atoms with Crippen LogP contribution in [0.4, 0.5) is 8.78 Å². The summed E-state index contributed by atoms with van der Waals surface area (Å²) in [6, 6.07) is 3.93. The molecule has 0 amide bonds. The van der Waals surface area contributed by atoms with Gasteiger partial charge in [0.05, 0.1) is 0 Å². The molecule has 0 saturated carbocycles. The first kappa shape index (κ1) is 11.2. The van der Waals surface area contributed by atoms with Crippen LogP contribution in [0.15, 0.2) is 18.2 Å². The maximum Gasteiger partial charge on any atom is 0.200 e. The SMILES string of the molecule is Cl.Fc1cccc(OC2CNC2)c1F. The van der Waals surface area contributed by atoms with Gasteiger partial charge in [0.25, 0.3) is 0 Å². The summed E-state index contributed by atoms with van der Waals surface area (Å²) in [7, 11) is 0. The third-order valence-corrected chi connectivity index (χ3v) is 1.95. The lowest BCUT2D eigenvalue weighted by molar-refractivity contribution is 0.135. The maximum atomic E-state index is 13.0. The highest BCUT2D eigenvalue weighted by atomic mass is 35.5. The second-order valence-electron chi connectivity index (χ2n) is 2.95. The molecule has 1 N–H and O–H groups in total. The van der Waals surface area contributed by atoms with E-state index in [4.69, 9.17) is 4.74 Å². The van der Waals surface area contributed by atoms with Crippen LogP contribution in [0.2, 0.25) is 0 Å². The van der Waals surface area contributed by atoms with Gasteiger partial charge in [-0.15, -0.1) is 12.4 Å². The summed E-state index contributed by atoms with van der Waals surface area (Å²) in [6.45, 7) is 1.38. The van der Waals surface area contributed by atoms with Crippen LogP contribution in [0.25, 0.3) is 0 Å². The van der Waals surface area contributed by atoms with E-state index in [1.807, 2.05) is 0 Å². The molecule has 1 aliphatic heterocycles. The van der Waals surface area contributed by atoms with Gasteiger partial charge in [-0.3, -0.25) is 0 Å². The smallest absolute Gasteiger partial charge is 0.200 e. The first-order chi connectivity index (χ1) is 6.27. The Balaban J connectivity index is 0.000000980. The van der Waals surface area contributed by atoms with Crippen molar-refractivity contribution in [3.05, 3.63) is 29.8 Å². The number of hydrogen-bond acceptors (Lipinski definition) is 2. The summed E-state index contributed by atoms with van der Waals surface area (Å²) in [5.74, 6) is -1.79. The lowest BCUT2D eigenvalue weighted by Crippen LogP contribution is -2.50. The topological polar surface area (TPSA) is 21.3 Å². The van der Waals surface area contributed by atoms with E-state index in [9.17, 15) is 8.78 Å². The predicted octanol–water partition coefficient (Wildman–Crippen LogP) is 1.74. The molecular formula is C9H10ClF2NO. The average Bonchev–Trinajstić information content (AvgIpc) is 2.04. The third kappa shape index (κ3) is 2.13. The fourth-order valence-corrected chi connectivity index (χ4v) is 1.10. The molecule has 2 rings (SSSR count). The number of rotatable bonds is 2. The van der Waals surface area contributed by atoms with Crippen LogP contribution in [0, 0.1) is 11.6 Å². The van der Waals surface area contributed by atoms with Gasteiger partial charge in [-0.2, -0.15) is 4.39 Å². The van der Waals surface area contributed by atoms with Crippen molar-refractivity contribution < 1.29 is 13.5 Å². The van der Waals surface area contributed by atoms with Crippen LogP contribution in [0.5, 0.6) is 5.75 Å². The first-order valence-electron chi connectivity index (χ1n) is 4.09. The van der Waals surface area contributed by atoms with Crippen LogP contribution in [-0.4, -0.2) is 19.2 Å². The Kier molecular flexibility index (Phi) is 3.66. The van der Waals surface area contributed by atoms with Gasteiger partial charge >= 0.3 is 0 Å². The molecule has 78 valence electrons. The van der Waals surface area contributed by atoms with E-state index in [0.29, 0.717) is 13.1 Å². The van der Waals surface area contributed by atoms with Crippen molar-refractivity contribution in [1.82, 2.24) is 5.32 Å². The van der Waals surface area contributed by atoms with Crippen LogP contribution in [0.3, 0.4) is 0 Å². The van der Waals surface area contributed by atoms with Crippen molar-refractivity contribution in [2.75, 3.05) is 13.1 Å².